The third kappa shape index (κ3) is 2.34. The van der Waals surface area contributed by atoms with E-state index in [9.17, 15) is 0 Å². The van der Waals surface area contributed by atoms with Crippen LogP contribution in [-0.2, 0) is 0 Å². The standard InChI is InChI=1S/C12H8ClN3S2/c1-7-6-8-10(17-7)15-12(13)16-11(8)18-9-4-2-3-5-14-9/h2-6H,1H3. The Morgan fingerprint density at radius 2 is 2.17 bits per heavy atom. The number of nitrogens with zero attached hydrogens (tertiary/aromatic N) is 3. The topological polar surface area (TPSA) is 38.7 Å². The lowest BCUT2D eigenvalue weighted by atomic mass is 10.4. The minimum Gasteiger partial charge on any atom is -0.250 e. The SMILES string of the molecule is Cc1cc2c(Sc3ccccn3)nc(Cl)nc2s1. The molecular weight excluding hydrogens is 286 g/mol. The maximum atomic E-state index is 5.95. The van der Waals surface area contributed by atoms with Crippen molar-refractivity contribution in [3.63, 3.8) is 0 Å². The summed E-state index contributed by atoms with van der Waals surface area (Å²) >= 11 is 9.08. The van der Waals surface area contributed by atoms with Crippen LogP contribution in [-0.4, -0.2) is 15.0 Å². The summed E-state index contributed by atoms with van der Waals surface area (Å²) in [5, 5.41) is 3.07. The molecule has 0 bridgehead atoms. The molecule has 0 amide bonds. The van der Waals surface area contributed by atoms with Crippen LogP contribution in [0, 0.1) is 6.92 Å². The maximum Gasteiger partial charge on any atom is 0.224 e. The van der Waals surface area contributed by atoms with Crippen LogP contribution >= 0.6 is 34.7 Å². The summed E-state index contributed by atoms with van der Waals surface area (Å²) in [5.74, 6) is 0. The second-order valence-corrected chi connectivity index (χ2v) is 6.23. The highest BCUT2D eigenvalue weighted by Crippen LogP contribution is 2.34. The second-order valence-electron chi connectivity index (χ2n) is 3.64. The predicted molar refractivity (Wildman–Crippen MR) is 75.5 cm³/mol. The highest BCUT2D eigenvalue weighted by Gasteiger charge is 2.11. The monoisotopic (exact) mass is 293 g/mol. The number of thiophene rings is 1. The molecule has 18 heavy (non-hydrogen) atoms. The van der Waals surface area contributed by atoms with E-state index in [2.05, 4.69) is 27.9 Å². The molecule has 3 rings (SSSR count). The van der Waals surface area contributed by atoms with Gasteiger partial charge in [0.05, 0.1) is 0 Å². The molecule has 0 aliphatic carbocycles. The Morgan fingerprint density at radius 3 is 2.94 bits per heavy atom. The molecule has 3 nitrogen and oxygen atoms in total. The number of rotatable bonds is 2. The van der Waals surface area contributed by atoms with Crippen LogP contribution in [0.2, 0.25) is 5.28 Å². The fourth-order valence-corrected chi connectivity index (χ4v) is 3.64. The first-order valence-corrected chi connectivity index (χ1v) is 7.26. The van der Waals surface area contributed by atoms with Gasteiger partial charge in [0.1, 0.15) is 14.9 Å². The van der Waals surface area contributed by atoms with Gasteiger partial charge in [-0.2, -0.15) is 0 Å². The van der Waals surface area contributed by atoms with Crippen molar-refractivity contribution in [2.24, 2.45) is 0 Å². The van der Waals surface area contributed by atoms with Crippen LogP contribution in [0.1, 0.15) is 4.88 Å². The molecule has 0 aliphatic heterocycles. The van der Waals surface area contributed by atoms with Crippen molar-refractivity contribution < 1.29 is 0 Å². The molecule has 90 valence electrons. The molecule has 0 aliphatic rings. The molecule has 0 unspecified atom stereocenters. The van der Waals surface area contributed by atoms with Crippen molar-refractivity contribution in [2.45, 2.75) is 17.0 Å². The number of fused-ring (bicyclic) bond motifs is 1. The van der Waals surface area contributed by atoms with Crippen LogP contribution in [0.25, 0.3) is 10.2 Å². The van der Waals surface area contributed by atoms with Gasteiger partial charge in [0.2, 0.25) is 5.28 Å². The van der Waals surface area contributed by atoms with E-state index >= 15 is 0 Å². The van der Waals surface area contributed by atoms with Gasteiger partial charge in [-0.3, -0.25) is 0 Å². The van der Waals surface area contributed by atoms with Crippen molar-refractivity contribution in [3.8, 4) is 0 Å². The van der Waals surface area contributed by atoms with Gasteiger partial charge in [-0.1, -0.05) is 6.07 Å². The molecule has 0 radical (unpaired) electrons. The van der Waals surface area contributed by atoms with E-state index in [1.54, 1.807) is 17.5 Å². The second kappa shape index (κ2) is 4.84. The fraction of sp³-hybridized carbons (Fsp3) is 0.0833. The van der Waals surface area contributed by atoms with E-state index in [4.69, 9.17) is 11.6 Å². The number of halogens is 1. The fourth-order valence-electron chi connectivity index (χ4n) is 1.58. The minimum absolute atomic E-state index is 0.280. The average Bonchev–Trinajstić information content (AvgIpc) is 2.71. The van der Waals surface area contributed by atoms with Crippen molar-refractivity contribution in [2.75, 3.05) is 0 Å². The molecule has 0 atom stereocenters. The first kappa shape index (κ1) is 11.9. The zero-order valence-corrected chi connectivity index (χ0v) is 11.8. The van der Waals surface area contributed by atoms with Crippen molar-refractivity contribution in [1.82, 2.24) is 15.0 Å². The van der Waals surface area contributed by atoms with E-state index in [0.717, 1.165) is 20.3 Å². The van der Waals surface area contributed by atoms with Gasteiger partial charge in [0.15, 0.2) is 0 Å². The zero-order chi connectivity index (χ0) is 12.5. The Labute approximate surface area is 117 Å². The van der Waals surface area contributed by atoms with Crippen LogP contribution in [0.5, 0.6) is 0 Å². The summed E-state index contributed by atoms with van der Waals surface area (Å²) in [5.41, 5.74) is 0. The molecule has 0 N–H and O–H groups in total. The van der Waals surface area contributed by atoms with Crippen molar-refractivity contribution in [1.29, 1.82) is 0 Å². The molecule has 0 fully saturated rings. The van der Waals surface area contributed by atoms with Crippen molar-refractivity contribution in [3.05, 3.63) is 40.6 Å². The number of aryl methyl sites for hydroxylation is 1. The largest absolute Gasteiger partial charge is 0.250 e. The summed E-state index contributed by atoms with van der Waals surface area (Å²) in [6.45, 7) is 2.05. The van der Waals surface area contributed by atoms with Gasteiger partial charge >= 0.3 is 0 Å². The van der Waals surface area contributed by atoms with E-state index < -0.39 is 0 Å². The maximum absolute atomic E-state index is 5.95. The highest BCUT2D eigenvalue weighted by molar-refractivity contribution is 7.99. The minimum atomic E-state index is 0.280. The zero-order valence-electron chi connectivity index (χ0n) is 9.42. The van der Waals surface area contributed by atoms with Gasteiger partial charge < -0.3 is 0 Å². The lowest BCUT2D eigenvalue weighted by Gasteiger charge is -2.01. The Hall–Kier alpha value is -1.17. The number of pyridine rings is 1. The van der Waals surface area contributed by atoms with Gasteiger partial charge in [-0.15, -0.1) is 11.3 Å². The third-order valence-electron chi connectivity index (χ3n) is 2.29. The number of hydrogen-bond donors (Lipinski definition) is 0. The normalized spacial score (nSPS) is 11.0. The van der Waals surface area contributed by atoms with Crippen LogP contribution in [0.15, 0.2) is 40.5 Å². The molecule has 0 spiro atoms. The van der Waals surface area contributed by atoms with E-state index in [1.165, 1.54) is 16.6 Å². The third-order valence-corrected chi connectivity index (χ3v) is 4.36. The van der Waals surface area contributed by atoms with Crippen LogP contribution < -0.4 is 0 Å². The Kier molecular flexibility index (Phi) is 3.20. The highest BCUT2D eigenvalue weighted by atomic mass is 35.5. The molecule has 3 aromatic heterocycles. The molecule has 3 aromatic rings. The molecule has 0 saturated carbocycles. The van der Waals surface area contributed by atoms with Crippen molar-refractivity contribution >= 4 is 44.9 Å². The Bertz CT molecular complexity index is 697. The van der Waals surface area contributed by atoms with E-state index in [0.29, 0.717) is 0 Å². The first-order valence-electron chi connectivity index (χ1n) is 5.25. The lowest BCUT2D eigenvalue weighted by molar-refractivity contribution is 1.08. The quantitative estimate of drug-likeness (QED) is 0.524. The summed E-state index contributed by atoms with van der Waals surface area (Å²) < 4.78 is 0. The predicted octanol–water partition coefficient (Wildman–Crippen LogP) is 4.20. The van der Waals surface area contributed by atoms with Gasteiger partial charge in [-0.05, 0) is 48.5 Å². The number of aromatic nitrogens is 3. The van der Waals surface area contributed by atoms with Gasteiger partial charge in [-0.25, -0.2) is 15.0 Å². The number of hydrogen-bond acceptors (Lipinski definition) is 5. The van der Waals surface area contributed by atoms with E-state index in [1.807, 2.05) is 18.2 Å². The summed E-state index contributed by atoms with van der Waals surface area (Å²) in [7, 11) is 0. The van der Waals surface area contributed by atoms with Gasteiger partial charge in [0, 0.05) is 16.5 Å². The molecule has 0 saturated heterocycles. The Balaban J connectivity index is 2.10. The molecule has 3 heterocycles. The molecule has 6 heteroatoms. The summed E-state index contributed by atoms with van der Waals surface area (Å²) in [4.78, 5) is 14.9. The van der Waals surface area contributed by atoms with Gasteiger partial charge in [0.25, 0.3) is 0 Å². The molecular formula is C12H8ClN3S2. The van der Waals surface area contributed by atoms with Crippen LogP contribution in [0.3, 0.4) is 0 Å². The lowest BCUT2D eigenvalue weighted by Crippen LogP contribution is -1.87. The van der Waals surface area contributed by atoms with Crippen LogP contribution in [0.4, 0.5) is 0 Å². The summed E-state index contributed by atoms with van der Waals surface area (Å²) in [6, 6.07) is 7.88. The smallest absolute Gasteiger partial charge is 0.224 e. The first-order chi connectivity index (χ1) is 8.72. The summed E-state index contributed by atoms with van der Waals surface area (Å²) in [6.07, 6.45) is 1.77. The van der Waals surface area contributed by atoms with E-state index in [-0.39, 0.29) is 5.28 Å². The molecule has 0 aromatic carbocycles. The average molecular weight is 294 g/mol. The Morgan fingerprint density at radius 1 is 1.28 bits per heavy atom.